The molecule has 1 fully saturated rings. The highest BCUT2D eigenvalue weighted by Gasteiger charge is 2.21. The van der Waals surface area contributed by atoms with Gasteiger partial charge in [0.05, 0.1) is 13.2 Å². The van der Waals surface area contributed by atoms with E-state index in [1.54, 1.807) is 21.2 Å². The molecular formula is C19H39IN6O4. The van der Waals surface area contributed by atoms with E-state index in [1.807, 2.05) is 6.92 Å². The van der Waals surface area contributed by atoms with E-state index in [2.05, 4.69) is 25.4 Å². The lowest BCUT2D eigenvalue weighted by Crippen LogP contribution is -2.54. The first kappa shape index (κ1) is 28.8. The van der Waals surface area contributed by atoms with Gasteiger partial charge in [0.1, 0.15) is 6.54 Å². The van der Waals surface area contributed by atoms with Crippen molar-refractivity contribution in [2.24, 2.45) is 4.99 Å². The minimum Gasteiger partial charge on any atom is -0.383 e. The summed E-state index contributed by atoms with van der Waals surface area (Å²) in [7, 11) is 5.06. The van der Waals surface area contributed by atoms with Crippen LogP contribution >= 0.6 is 24.0 Å². The number of hydrogen-bond acceptors (Lipinski definition) is 6. The molecule has 10 nitrogen and oxygen atoms in total. The van der Waals surface area contributed by atoms with Crippen molar-refractivity contribution in [2.75, 3.05) is 93.4 Å². The van der Waals surface area contributed by atoms with Crippen LogP contribution in [0.1, 0.15) is 13.3 Å². The molecule has 1 heterocycles. The van der Waals surface area contributed by atoms with Crippen LogP contribution in [0.5, 0.6) is 0 Å². The number of rotatable bonds is 12. The van der Waals surface area contributed by atoms with Crippen LogP contribution in [0.25, 0.3) is 0 Å². The molecule has 0 radical (unpaired) electrons. The van der Waals surface area contributed by atoms with Crippen molar-refractivity contribution in [2.45, 2.75) is 13.3 Å². The molecule has 0 aromatic rings. The first-order valence-corrected chi connectivity index (χ1v) is 10.3. The number of amides is 2. The zero-order valence-electron chi connectivity index (χ0n) is 18.8. The van der Waals surface area contributed by atoms with E-state index in [0.717, 1.165) is 45.1 Å². The Bertz CT molecular complexity index is 513. The molecule has 0 atom stereocenters. The van der Waals surface area contributed by atoms with Crippen LogP contribution in [0, 0.1) is 0 Å². The lowest BCUT2D eigenvalue weighted by atomic mass is 10.3. The summed E-state index contributed by atoms with van der Waals surface area (Å²) in [6.07, 6.45) is 0.871. The quantitative estimate of drug-likeness (QED) is 0.148. The summed E-state index contributed by atoms with van der Waals surface area (Å²) in [5.41, 5.74) is 0. The Morgan fingerprint density at radius 2 is 1.77 bits per heavy atom. The van der Waals surface area contributed by atoms with Crippen molar-refractivity contribution in [1.82, 2.24) is 25.3 Å². The smallest absolute Gasteiger partial charge is 0.243 e. The Labute approximate surface area is 197 Å². The second-order valence-corrected chi connectivity index (χ2v) is 7.01. The lowest BCUT2D eigenvalue weighted by molar-refractivity contribution is -0.127. The van der Waals surface area contributed by atoms with E-state index in [1.165, 1.54) is 4.90 Å². The third kappa shape index (κ3) is 12.5. The highest BCUT2D eigenvalue weighted by molar-refractivity contribution is 14.0. The van der Waals surface area contributed by atoms with Gasteiger partial charge in [-0.2, -0.15) is 0 Å². The van der Waals surface area contributed by atoms with Gasteiger partial charge in [-0.3, -0.25) is 14.5 Å². The Balaban J connectivity index is 0.00000841. The fraction of sp³-hybridized carbons (Fsp3) is 0.842. The van der Waals surface area contributed by atoms with E-state index in [9.17, 15) is 9.59 Å². The number of aliphatic imine (C=N–C) groups is 1. The average molecular weight is 542 g/mol. The summed E-state index contributed by atoms with van der Waals surface area (Å²) in [5.74, 6) is 0.709. The van der Waals surface area contributed by atoms with Crippen LogP contribution in [-0.2, 0) is 19.1 Å². The molecule has 1 aliphatic rings. The molecule has 0 aromatic heterocycles. The molecule has 0 aromatic carbocycles. The van der Waals surface area contributed by atoms with Crippen molar-refractivity contribution in [3.05, 3.63) is 0 Å². The van der Waals surface area contributed by atoms with Gasteiger partial charge in [0, 0.05) is 73.7 Å². The highest BCUT2D eigenvalue weighted by atomic mass is 127. The maximum Gasteiger partial charge on any atom is 0.243 e. The molecule has 0 saturated carbocycles. The zero-order valence-corrected chi connectivity index (χ0v) is 21.1. The number of methoxy groups -OCH3 is 1. The molecule has 0 bridgehead atoms. The van der Waals surface area contributed by atoms with E-state index >= 15 is 0 Å². The minimum atomic E-state index is -0.0371. The summed E-state index contributed by atoms with van der Waals surface area (Å²) in [6.45, 7) is 8.67. The summed E-state index contributed by atoms with van der Waals surface area (Å²) < 4.78 is 10.3. The Morgan fingerprint density at radius 1 is 1.07 bits per heavy atom. The molecule has 2 N–H and O–H groups in total. The standard InChI is InChI=1S/C19H38N6O4.HI/c1-5-29-13-6-7-21-19(22-15-18(27)23(2)3)25-11-9-24(10-12-25)16-17(26)20-8-14-28-4;/h5-16H2,1-4H3,(H,20,26)(H,21,22);1H. The predicted octanol–water partition coefficient (Wildman–Crippen LogP) is -0.555. The summed E-state index contributed by atoms with van der Waals surface area (Å²) in [5, 5.41) is 6.19. The van der Waals surface area contributed by atoms with Crippen LogP contribution in [0.15, 0.2) is 4.99 Å². The third-order valence-electron chi connectivity index (χ3n) is 4.48. The van der Waals surface area contributed by atoms with Crippen molar-refractivity contribution in [3.8, 4) is 0 Å². The van der Waals surface area contributed by atoms with Gasteiger partial charge in [-0.05, 0) is 13.3 Å². The van der Waals surface area contributed by atoms with Crippen molar-refractivity contribution >= 4 is 41.8 Å². The van der Waals surface area contributed by atoms with Crippen molar-refractivity contribution in [1.29, 1.82) is 0 Å². The van der Waals surface area contributed by atoms with E-state index < -0.39 is 0 Å². The van der Waals surface area contributed by atoms with Gasteiger partial charge in [0.25, 0.3) is 0 Å². The average Bonchev–Trinajstić information content (AvgIpc) is 2.70. The number of carbonyl (C=O) groups is 2. The number of likely N-dealkylation sites (N-methyl/N-ethyl adjacent to an activating group) is 1. The van der Waals surface area contributed by atoms with E-state index in [-0.39, 0.29) is 42.3 Å². The molecule has 1 aliphatic heterocycles. The number of guanidine groups is 1. The van der Waals surface area contributed by atoms with Crippen molar-refractivity contribution in [3.63, 3.8) is 0 Å². The SMILES string of the molecule is CCOCCCNC(=NCC(=O)N(C)C)N1CCN(CC(=O)NCCOC)CC1.I. The van der Waals surface area contributed by atoms with Crippen molar-refractivity contribution < 1.29 is 19.1 Å². The van der Waals surface area contributed by atoms with Crippen LogP contribution in [-0.4, -0.2) is 126 Å². The van der Waals surface area contributed by atoms with Crippen LogP contribution in [0.3, 0.4) is 0 Å². The second kappa shape index (κ2) is 17.5. The third-order valence-corrected chi connectivity index (χ3v) is 4.48. The first-order chi connectivity index (χ1) is 14.0. The normalized spacial score (nSPS) is 14.8. The highest BCUT2D eigenvalue weighted by Crippen LogP contribution is 2.03. The molecule has 2 amide bonds. The molecule has 30 heavy (non-hydrogen) atoms. The van der Waals surface area contributed by atoms with Crippen LogP contribution in [0.4, 0.5) is 0 Å². The fourth-order valence-corrected chi connectivity index (χ4v) is 2.74. The summed E-state index contributed by atoms with van der Waals surface area (Å²) >= 11 is 0. The number of carbonyl (C=O) groups excluding carboxylic acids is 2. The number of hydrogen-bond donors (Lipinski definition) is 2. The number of nitrogens with one attached hydrogen (secondary N) is 2. The molecular weight excluding hydrogens is 503 g/mol. The van der Waals surface area contributed by atoms with Gasteiger partial charge in [-0.15, -0.1) is 24.0 Å². The Kier molecular flexibility index (Phi) is 16.8. The Morgan fingerprint density at radius 3 is 2.37 bits per heavy atom. The van der Waals surface area contributed by atoms with E-state index in [0.29, 0.717) is 32.9 Å². The van der Waals surface area contributed by atoms with E-state index in [4.69, 9.17) is 9.47 Å². The number of piperazine rings is 1. The fourth-order valence-electron chi connectivity index (χ4n) is 2.74. The molecule has 0 spiro atoms. The maximum absolute atomic E-state index is 12.0. The number of halogens is 1. The molecule has 1 rings (SSSR count). The van der Waals surface area contributed by atoms with Crippen LogP contribution < -0.4 is 10.6 Å². The van der Waals surface area contributed by atoms with Gasteiger partial charge in [0.2, 0.25) is 11.8 Å². The molecule has 0 unspecified atom stereocenters. The lowest BCUT2D eigenvalue weighted by Gasteiger charge is -2.36. The largest absolute Gasteiger partial charge is 0.383 e. The minimum absolute atomic E-state index is 0. The predicted molar refractivity (Wildman–Crippen MR) is 128 cm³/mol. The zero-order chi connectivity index (χ0) is 21.5. The molecule has 0 aliphatic carbocycles. The number of ether oxygens (including phenoxy) is 2. The monoisotopic (exact) mass is 542 g/mol. The summed E-state index contributed by atoms with van der Waals surface area (Å²) in [4.78, 5) is 34.2. The molecule has 176 valence electrons. The van der Waals surface area contributed by atoms with Gasteiger partial charge < -0.3 is 29.9 Å². The molecule has 1 saturated heterocycles. The van der Waals surface area contributed by atoms with Gasteiger partial charge in [-0.1, -0.05) is 0 Å². The van der Waals surface area contributed by atoms with Gasteiger partial charge in [-0.25, -0.2) is 4.99 Å². The summed E-state index contributed by atoms with van der Waals surface area (Å²) in [6, 6.07) is 0. The maximum atomic E-state index is 12.0. The van der Waals surface area contributed by atoms with Gasteiger partial charge >= 0.3 is 0 Å². The van der Waals surface area contributed by atoms with Crippen LogP contribution in [0.2, 0.25) is 0 Å². The number of nitrogens with zero attached hydrogens (tertiary/aromatic N) is 4. The van der Waals surface area contributed by atoms with Gasteiger partial charge in [0.15, 0.2) is 5.96 Å². The second-order valence-electron chi connectivity index (χ2n) is 7.01. The first-order valence-electron chi connectivity index (χ1n) is 10.3. The topological polar surface area (TPSA) is 98.7 Å². The Hall–Kier alpha value is -1.18. The molecule has 11 heteroatoms.